The van der Waals surface area contributed by atoms with Gasteiger partial charge in [-0.05, 0) is 36.6 Å². The molecule has 0 N–H and O–H groups in total. The first kappa shape index (κ1) is 22.1. The number of methoxy groups -OCH3 is 1. The molecule has 0 radical (unpaired) electrons. The van der Waals surface area contributed by atoms with Crippen molar-refractivity contribution in [2.75, 3.05) is 20.3 Å². The van der Waals surface area contributed by atoms with Crippen LogP contribution in [0.3, 0.4) is 0 Å². The van der Waals surface area contributed by atoms with Crippen LogP contribution in [0, 0.1) is 0 Å². The summed E-state index contributed by atoms with van der Waals surface area (Å²) in [6.45, 7) is 2.37. The van der Waals surface area contributed by atoms with Crippen molar-refractivity contribution in [2.24, 2.45) is 0 Å². The Morgan fingerprint density at radius 1 is 0.871 bits per heavy atom. The van der Waals surface area contributed by atoms with Gasteiger partial charge in [0.25, 0.3) is 5.91 Å². The summed E-state index contributed by atoms with van der Waals surface area (Å²) in [7, 11) is 1.54. The molecule has 0 spiro atoms. The Balaban J connectivity index is 1.72. The molecule has 0 saturated carbocycles. The van der Waals surface area contributed by atoms with Crippen LogP contribution in [0.25, 0.3) is 0 Å². The number of rotatable bonds is 10. The van der Waals surface area contributed by atoms with E-state index in [9.17, 15) is 9.59 Å². The van der Waals surface area contributed by atoms with E-state index < -0.39 is 0 Å². The van der Waals surface area contributed by atoms with Crippen LogP contribution in [0.1, 0.15) is 28.4 Å². The first-order valence-corrected chi connectivity index (χ1v) is 10.2. The van der Waals surface area contributed by atoms with Gasteiger partial charge in [-0.2, -0.15) is 0 Å². The van der Waals surface area contributed by atoms with E-state index in [0.717, 1.165) is 12.0 Å². The molecular weight excluding hydrogens is 390 g/mol. The van der Waals surface area contributed by atoms with Gasteiger partial charge in [0, 0.05) is 19.2 Å². The fraction of sp³-hybridized carbons (Fsp3) is 0.231. The maximum atomic E-state index is 13.1. The Bertz CT molecular complexity index is 1000. The molecule has 0 aliphatic carbocycles. The summed E-state index contributed by atoms with van der Waals surface area (Å²) in [4.78, 5) is 26.8. The van der Waals surface area contributed by atoms with Gasteiger partial charge in [-0.25, -0.2) is 0 Å². The average Bonchev–Trinajstić information content (AvgIpc) is 2.81. The molecule has 0 fully saturated rings. The minimum atomic E-state index is -0.158. The van der Waals surface area contributed by atoms with Crippen molar-refractivity contribution in [1.82, 2.24) is 4.90 Å². The molecule has 0 bridgehead atoms. The van der Waals surface area contributed by atoms with Crippen molar-refractivity contribution in [2.45, 2.75) is 19.9 Å². The van der Waals surface area contributed by atoms with Crippen LogP contribution in [-0.4, -0.2) is 36.9 Å². The van der Waals surface area contributed by atoms with Crippen LogP contribution in [-0.2, 0) is 17.8 Å². The molecule has 0 aliphatic rings. The van der Waals surface area contributed by atoms with Crippen molar-refractivity contribution < 1.29 is 19.1 Å². The van der Waals surface area contributed by atoms with Gasteiger partial charge >= 0.3 is 0 Å². The van der Waals surface area contributed by atoms with Gasteiger partial charge in [-0.3, -0.25) is 9.59 Å². The predicted molar refractivity (Wildman–Crippen MR) is 120 cm³/mol. The summed E-state index contributed by atoms with van der Waals surface area (Å²) in [6.07, 6.45) is 0.747. The fourth-order valence-corrected chi connectivity index (χ4v) is 3.28. The summed E-state index contributed by atoms with van der Waals surface area (Å²) in [6, 6.07) is 24.9. The lowest BCUT2D eigenvalue weighted by molar-refractivity contribution is -0.134. The van der Waals surface area contributed by atoms with E-state index in [1.165, 1.54) is 12.5 Å². The Morgan fingerprint density at radius 2 is 1.52 bits per heavy atom. The number of hydrogen-bond acceptors (Lipinski definition) is 4. The molecule has 160 valence electrons. The highest BCUT2D eigenvalue weighted by Gasteiger charge is 2.17. The Labute approximate surface area is 183 Å². The SMILES string of the molecule is COc1ccc(C(C)=O)c(OCC(=O)N(CCc2ccccc2)Cc2ccccc2)c1. The summed E-state index contributed by atoms with van der Waals surface area (Å²) in [5.41, 5.74) is 2.64. The molecule has 5 nitrogen and oxygen atoms in total. The number of carbonyl (C=O) groups is 2. The number of amides is 1. The van der Waals surface area contributed by atoms with Gasteiger partial charge in [0.2, 0.25) is 0 Å². The third-order valence-electron chi connectivity index (χ3n) is 5.00. The predicted octanol–water partition coefficient (Wildman–Crippen LogP) is 4.55. The van der Waals surface area contributed by atoms with Crippen molar-refractivity contribution in [3.05, 3.63) is 95.6 Å². The smallest absolute Gasteiger partial charge is 0.260 e. The molecule has 0 aliphatic heterocycles. The molecule has 0 heterocycles. The average molecular weight is 418 g/mol. The lowest BCUT2D eigenvalue weighted by Gasteiger charge is -2.23. The van der Waals surface area contributed by atoms with Gasteiger partial charge in [0.1, 0.15) is 11.5 Å². The molecule has 31 heavy (non-hydrogen) atoms. The quantitative estimate of drug-likeness (QED) is 0.454. The van der Waals surface area contributed by atoms with E-state index >= 15 is 0 Å². The largest absolute Gasteiger partial charge is 0.497 e. The van der Waals surface area contributed by atoms with Crippen LogP contribution < -0.4 is 9.47 Å². The standard InChI is InChI=1S/C26H27NO4/c1-20(28)24-14-13-23(30-2)17-25(24)31-19-26(29)27(18-22-11-7-4-8-12-22)16-15-21-9-5-3-6-10-21/h3-14,17H,15-16,18-19H2,1-2H3. The first-order valence-electron chi connectivity index (χ1n) is 10.2. The lowest BCUT2D eigenvalue weighted by atomic mass is 10.1. The second kappa shape index (κ2) is 11.0. The molecular formula is C26H27NO4. The first-order chi connectivity index (χ1) is 15.1. The maximum absolute atomic E-state index is 13.1. The minimum Gasteiger partial charge on any atom is -0.497 e. The number of nitrogens with zero attached hydrogens (tertiary/aromatic N) is 1. The van der Waals surface area contributed by atoms with Crippen molar-refractivity contribution >= 4 is 11.7 Å². The van der Waals surface area contributed by atoms with E-state index in [-0.39, 0.29) is 18.3 Å². The fourth-order valence-electron chi connectivity index (χ4n) is 3.28. The van der Waals surface area contributed by atoms with Crippen LogP contribution in [0.4, 0.5) is 0 Å². The lowest BCUT2D eigenvalue weighted by Crippen LogP contribution is -2.36. The molecule has 0 aromatic heterocycles. The van der Waals surface area contributed by atoms with Crippen molar-refractivity contribution in [1.29, 1.82) is 0 Å². The third kappa shape index (κ3) is 6.44. The molecule has 0 atom stereocenters. The van der Waals surface area contributed by atoms with Gasteiger partial charge in [-0.15, -0.1) is 0 Å². The maximum Gasteiger partial charge on any atom is 0.260 e. The molecule has 0 unspecified atom stereocenters. The van der Waals surface area contributed by atoms with E-state index in [2.05, 4.69) is 12.1 Å². The summed E-state index contributed by atoms with van der Waals surface area (Å²) in [5, 5.41) is 0. The Morgan fingerprint density at radius 3 is 2.13 bits per heavy atom. The normalized spacial score (nSPS) is 10.4. The zero-order valence-corrected chi connectivity index (χ0v) is 17.9. The van der Waals surface area contributed by atoms with Crippen LogP contribution in [0.5, 0.6) is 11.5 Å². The number of ketones is 1. The highest BCUT2D eigenvalue weighted by molar-refractivity contribution is 5.97. The molecule has 5 heteroatoms. The van der Waals surface area contributed by atoms with E-state index in [4.69, 9.17) is 9.47 Å². The molecule has 3 rings (SSSR count). The van der Waals surface area contributed by atoms with Crippen molar-refractivity contribution in [3.63, 3.8) is 0 Å². The monoisotopic (exact) mass is 417 g/mol. The number of Topliss-reactive ketones (excluding diaryl/α,β-unsaturated/α-hetero) is 1. The van der Waals surface area contributed by atoms with Gasteiger partial charge < -0.3 is 14.4 Å². The number of ether oxygens (including phenoxy) is 2. The Hall–Kier alpha value is -3.60. The molecule has 3 aromatic carbocycles. The Kier molecular flexibility index (Phi) is 7.82. The summed E-state index contributed by atoms with van der Waals surface area (Å²) < 4.78 is 11.0. The second-order valence-electron chi connectivity index (χ2n) is 7.24. The third-order valence-corrected chi connectivity index (χ3v) is 5.00. The van der Waals surface area contributed by atoms with E-state index in [1.54, 1.807) is 30.2 Å². The number of benzene rings is 3. The van der Waals surface area contributed by atoms with Crippen LogP contribution in [0.2, 0.25) is 0 Å². The molecule has 1 amide bonds. The highest BCUT2D eigenvalue weighted by atomic mass is 16.5. The highest BCUT2D eigenvalue weighted by Crippen LogP contribution is 2.25. The molecule has 3 aromatic rings. The minimum absolute atomic E-state index is 0.129. The summed E-state index contributed by atoms with van der Waals surface area (Å²) >= 11 is 0. The topological polar surface area (TPSA) is 55.8 Å². The van der Waals surface area contributed by atoms with E-state index in [1.807, 2.05) is 48.5 Å². The van der Waals surface area contributed by atoms with Crippen molar-refractivity contribution in [3.8, 4) is 11.5 Å². The van der Waals surface area contributed by atoms with Crippen LogP contribution >= 0.6 is 0 Å². The number of carbonyl (C=O) groups excluding carboxylic acids is 2. The van der Waals surface area contributed by atoms with Crippen LogP contribution in [0.15, 0.2) is 78.9 Å². The zero-order chi connectivity index (χ0) is 22.1. The van der Waals surface area contributed by atoms with Gasteiger partial charge in [-0.1, -0.05) is 60.7 Å². The van der Waals surface area contributed by atoms with Gasteiger partial charge in [0.05, 0.1) is 12.7 Å². The number of hydrogen-bond donors (Lipinski definition) is 0. The van der Waals surface area contributed by atoms with E-state index in [0.29, 0.717) is 30.2 Å². The van der Waals surface area contributed by atoms with Gasteiger partial charge in [0.15, 0.2) is 12.4 Å². The molecule has 0 saturated heterocycles. The zero-order valence-electron chi connectivity index (χ0n) is 17.9. The second-order valence-corrected chi connectivity index (χ2v) is 7.24. The summed E-state index contributed by atoms with van der Waals surface area (Å²) in [5.74, 6) is 0.646.